The van der Waals surface area contributed by atoms with E-state index < -0.39 is 10.8 Å². The molecular formula is C10H10Cl2N2O4. The summed E-state index contributed by atoms with van der Waals surface area (Å²) in [5.74, 6) is -0.542. The molecule has 98 valence electrons. The smallest absolute Gasteiger partial charge is 0.271 e. The van der Waals surface area contributed by atoms with Crippen LogP contribution in [-0.4, -0.2) is 41.0 Å². The zero-order chi connectivity index (χ0) is 13.9. The molecule has 0 aliphatic rings. The molecule has 0 heterocycles. The Morgan fingerprint density at radius 2 is 2.11 bits per heavy atom. The maximum atomic E-state index is 11.9. The van der Waals surface area contributed by atoms with Crippen molar-refractivity contribution in [3.05, 3.63) is 37.9 Å². The number of nitrogens with zero attached hydrogens (tertiary/aromatic N) is 2. The molecule has 0 saturated heterocycles. The summed E-state index contributed by atoms with van der Waals surface area (Å²) < 4.78 is 0. The van der Waals surface area contributed by atoms with E-state index in [-0.39, 0.29) is 34.4 Å². The number of nitro benzene ring substituents is 1. The number of carbonyl (C=O) groups is 1. The van der Waals surface area contributed by atoms with E-state index in [9.17, 15) is 14.9 Å². The Hall–Kier alpha value is -1.37. The topological polar surface area (TPSA) is 83.7 Å². The number of amides is 1. The van der Waals surface area contributed by atoms with E-state index >= 15 is 0 Å². The molecule has 0 bridgehead atoms. The second kappa shape index (κ2) is 5.99. The Labute approximate surface area is 113 Å². The van der Waals surface area contributed by atoms with Gasteiger partial charge in [0.2, 0.25) is 0 Å². The first-order valence-corrected chi connectivity index (χ1v) is 5.63. The zero-order valence-corrected chi connectivity index (χ0v) is 10.9. The molecule has 0 saturated carbocycles. The van der Waals surface area contributed by atoms with Crippen LogP contribution < -0.4 is 0 Å². The van der Waals surface area contributed by atoms with Crippen molar-refractivity contribution in [1.29, 1.82) is 0 Å². The van der Waals surface area contributed by atoms with Crippen molar-refractivity contribution in [2.75, 3.05) is 20.2 Å². The van der Waals surface area contributed by atoms with Crippen LogP contribution in [0.1, 0.15) is 10.4 Å². The average molecular weight is 293 g/mol. The minimum absolute atomic E-state index is 0.0444. The van der Waals surface area contributed by atoms with Crippen LogP contribution in [0.4, 0.5) is 5.69 Å². The number of hydrogen-bond acceptors (Lipinski definition) is 4. The van der Waals surface area contributed by atoms with Gasteiger partial charge >= 0.3 is 0 Å². The van der Waals surface area contributed by atoms with Crippen molar-refractivity contribution in [2.24, 2.45) is 0 Å². The lowest BCUT2D eigenvalue weighted by atomic mass is 10.1. The first kappa shape index (κ1) is 14.7. The number of rotatable bonds is 4. The molecular weight excluding hydrogens is 283 g/mol. The van der Waals surface area contributed by atoms with E-state index in [0.29, 0.717) is 0 Å². The van der Waals surface area contributed by atoms with Crippen molar-refractivity contribution >= 4 is 34.8 Å². The molecule has 1 amide bonds. The lowest BCUT2D eigenvalue weighted by Gasteiger charge is -2.16. The number of nitro groups is 1. The van der Waals surface area contributed by atoms with Gasteiger partial charge in [-0.1, -0.05) is 23.2 Å². The molecule has 6 nitrogen and oxygen atoms in total. The molecule has 0 fully saturated rings. The van der Waals surface area contributed by atoms with Gasteiger partial charge in [-0.2, -0.15) is 0 Å². The highest BCUT2D eigenvalue weighted by Gasteiger charge is 2.21. The van der Waals surface area contributed by atoms with Crippen LogP contribution in [0.15, 0.2) is 12.1 Å². The molecule has 0 aliphatic carbocycles. The average Bonchev–Trinajstić information content (AvgIpc) is 2.31. The lowest BCUT2D eigenvalue weighted by molar-refractivity contribution is -0.384. The van der Waals surface area contributed by atoms with Gasteiger partial charge in [-0.05, 0) is 0 Å². The Balaban J connectivity index is 3.22. The molecule has 1 aromatic carbocycles. The van der Waals surface area contributed by atoms with Crippen LogP contribution >= 0.6 is 23.2 Å². The predicted octanol–water partition coefficient (Wildman–Crippen LogP) is 1.97. The number of halogens is 2. The number of aliphatic hydroxyl groups excluding tert-OH is 1. The Morgan fingerprint density at radius 1 is 1.50 bits per heavy atom. The molecule has 0 aliphatic heterocycles. The Kier molecular flexibility index (Phi) is 4.89. The molecule has 1 aromatic rings. The van der Waals surface area contributed by atoms with Gasteiger partial charge in [0.15, 0.2) is 0 Å². The van der Waals surface area contributed by atoms with E-state index in [2.05, 4.69) is 0 Å². The fraction of sp³-hybridized carbons (Fsp3) is 0.300. The molecule has 8 heteroatoms. The molecule has 0 unspecified atom stereocenters. The maximum Gasteiger partial charge on any atom is 0.271 e. The quantitative estimate of drug-likeness (QED) is 0.679. The molecule has 1 rings (SSSR count). The molecule has 0 spiro atoms. The fourth-order valence-electron chi connectivity index (χ4n) is 1.29. The SMILES string of the molecule is CN(CCO)C(=O)c1cc([N+](=O)[O-])cc(Cl)c1Cl. The van der Waals surface area contributed by atoms with Crippen molar-refractivity contribution in [3.8, 4) is 0 Å². The van der Waals surface area contributed by atoms with E-state index in [0.717, 1.165) is 12.1 Å². The number of benzene rings is 1. The van der Waals surface area contributed by atoms with Crippen LogP contribution in [0.2, 0.25) is 10.0 Å². The van der Waals surface area contributed by atoms with Crippen molar-refractivity contribution in [1.82, 2.24) is 4.90 Å². The van der Waals surface area contributed by atoms with E-state index in [1.54, 1.807) is 0 Å². The van der Waals surface area contributed by atoms with Crippen LogP contribution in [0.3, 0.4) is 0 Å². The van der Waals surface area contributed by atoms with E-state index in [1.807, 2.05) is 0 Å². The second-order valence-corrected chi connectivity index (χ2v) is 4.28. The molecule has 0 atom stereocenters. The second-order valence-electron chi connectivity index (χ2n) is 3.50. The summed E-state index contributed by atoms with van der Waals surface area (Å²) in [6, 6.07) is 2.14. The molecule has 1 N–H and O–H groups in total. The standard InChI is InChI=1S/C10H10Cl2N2O4/c1-13(2-3-15)10(16)7-4-6(14(17)18)5-8(11)9(7)12/h4-5,15H,2-3H2,1H3. The first-order chi connectivity index (χ1) is 8.38. The lowest BCUT2D eigenvalue weighted by Crippen LogP contribution is -2.29. The van der Waals surface area contributed by atoms with Gasteiger partial charge in [0.1, 0.15) is 0 Å². The van der Waals surface area contributed by atoms with E-state index in [1.165, 1.54) is 11.9 Å². The van der Waals surface area contributed by atoms with Crippen molar-refractivity contribution in [2.45, 2.75) is 0 Å². The van der Waals surface area contributed by atoms with Gasteiger partial charge in [0.05, 0.1) is 27.1 Å². The van der Waals surface area contributed by atoms with Gasteiger partial charge in [0, 0.05) is 25.7 Å². The molecule has 0 radical (unpaired) electrons. The zero-order valence-electron chi connectivity index (χ0n) is 9.39. The summed E-state index contributed by atoms with van der Waals surface area (Å²) in [7, 11) is 1.45. The van der Waals surface area contributed by atoms with Gasteiger partial charge in [-0.25, -0.2) is 0 Å². The third kappa shape index (κ3) is 3.10. The van der Waals surface area contributed by atoms with Crippen molar-refractivity contribution < 1.29 is 14.8 Å². The summed E-state index contributed by atoms with van der Waals surface area (Å²) in [5, 5.41) is 19.3. The van der Waals surface area contributed by atoms with Gasteiger partial charge < -0.3 is 10.0 Å². The maximum absolute atomic E-state index is 11.9. The summed E-state index contributed by atoms with van der Waals surface area (Å²) in [4.78, 5) is 23.1. The van der Waals surface area contributed by atoms with Crippen LogP contribution in [0.25, 0.3) is 0 Å². The molecule has 0 aromatic heterocycles. The van der Waals surface area contributed by atoms with Gasteiger partial charge in [0.25, 0.3) is 11.6 Å². The Bertz CT molecular complexity index is 493. The van der Waals surface area contributed by atoms with Gasteiger partial charge in [-0.3, -0.25) is 14.9 Å². The Morgan fingerprint density at radius 3 is 2.61 bits per heavy atom. The summed E-state index contributed by atoms with van der Waals surface area (Å²) in [5.41, 5.74) is -0.378. The number of hydrogen-bond donors (Lipinski definition) is 1. The highest BCUT2D eigenvalue weighted by atomic mass is 35.5. The predicted molar refractivity (Wildman–Crippen MR) is 67.2 cm³/mol. The number of non-ortho nitro benzene ring substituents is 1. The van der Waals surface area contributed by atoms with E-state index in [4.69, 9.17) is 28.3 Å². The van der Waals surface area contributed by atoms with Gasteiger partial charge in [-0.15, -0.1) is 0 Å². The number of likely N-dealkylation sites (N-methyl/N-ethyl adjacent to an activating group) is 1. The van der Waals surface area contributed by atoms with Crippen LogP contribution in [0, 0.1) is 10.1 Å². The number of carbonyl (C=O) groups excluding carboxylic acids is 1. The summed E-state index contributed by atoms with van der Waals surface area (Å²) in [6.45, 7) is -0.127. The largest absolute Gasteiger partial charge is 0.395 e. The first-order valence-electron chi connectivity index (χ1n) is 4.88. The highest BCUT2D eigenvalue weighted by Crippen LogP contribution is 2.31. The minimum Gasteiger partial charge on any atom is -0.395 e. The monoisotopic (exact) mass is 292 g/mol. The van der Waals surface area contributed by atoms with Crippen molar-refractivity contribution in [3.63, 3.8) is 0 Å². The minimum atomic E-state index is -0.662. The molecule has 18 heavy (non-hydrogen) atoms. The number of aliphatic hydroxyl groups is 1. The third-order valence-corrected chi connectivity index (χ3v) is 3.04. The highest BCUT2D eigenvalue weighted by molar-refractivity contribution is 6.44. The van der Waals surface area contributed by atoms with Crippen LogP contribution in [-0.2, 0) is 0 Å². The third-order valence-electron chi connectivity index (χ3n) is 2.24. The summed E-state index contributed by atoms with van der Waals surface area (Å²) >= 11 is 11.6. The van der Waals surface area contributed by atoms with Crippen LogP contribution in [0.5, 0.6) is 0 Å². The summed E-state index contributed by atoms with van der Waals surface area (Å²) in [6.07, 6.45) is 0. The fourth-order valence-corrected chi connectivity index (χ4v) is 1.70. The normalized spacial score (nSPS) is 10.2.